The molecule has 4 heteroatoms. The number of alkyl halides is 1. The predicted octanol–water partition coefficient (Wildman–Crippen LogP) is 2.47. The van der Waals surface area contributed by atoms with Gasteiger partial charge in [-0.25, -0.2) is 0 Å². The molecule has 1 aromatic rings. The van der Waals surface area contributed by atoms with E-state index in [9.17, 15) is 9.90 Å². The first-order valence-electron chi connectivity index (χ1n) is 5.64. The van der Waals surface area contributed by atoms with Crippen molar-refractivity contribution in [2.45, 2.75) is 31.2 Å². The van der Waals surface area contributed by atoms with E-state index in [4.69, 9.17) is 0 Å². The van der Waals surface area contributed by atoms with Gasteiger partial charge in [-0.2, -0.15) is 0 Å². The number of hydrogen-bond acceptors (Lipinski definition) is 2. The van der Waals surface area contributed by atoms with Crippen molar-refractivity contribution in [3.05, 3.63) is 35.4 Å². The maximum Gasteiger partial charge on any atom is 0.251 e. The summed E-state index contributed by atoms with van der Waals surface area (Å²) in [5, 5.41) is 13.3. The van der Waals surface area contributed by atoms with Gasteiger partial charge in [0.2, 0.25) is 0 Å². The van der Waals surface area contributed by atoms with Gasteiger partial charge in [-0.1, -0.05) is 35.0 Å². The minimum atomic E-state index is -0.842. The van der Waals surface area contributed by atoms with E-state index in [-0.39, 0.29) is 12.5 Å². The number of aliphatic hydroxyl groups is 1. The summed E-state index contributed by atoms with van der Waals surface area (Å²) >= 11 is 3.35. The van der Waals surface area contributed by atoms with Crippen LogP contribution in [0, 0.1) is 0 Å². The molecule has 0 saturated heterocycles. The van der Waals surface area contributed by atoms with E-state index in [1.54, 1.807) is 19.1 Å². The largest absolute Gasteiger partial charge is 0.388 e. The van der Waals surface area contributed by atoms with Crippen LogP contribution < -0.4 is 5.32 Å². The highest BCUT2D eigenvalue weighted by molar-refractivity contribution is 9.08. The van der Waals surface area contributed by atoms with Gasteiger partial charge in [0.05, 0.1) is 5.60 Å². The van der Waals surface area contributed by atoms with E-state index in [1.807, 2.05) is 19.1 Å². The first-order chi connectivity index (χ1) is 7.98. The van der Waals surface area contributed by atoms with Crippen LogP contribution in [0.5, 0.6) is 0 Å². The molecule has 0 fully saturated rings. The molecule has 0 radical (unpaired) electrons. The maximum atomic E-state index is 11.8. The van der Waals surface area contributed by atoms with Gasteiger partial charge in [-0.05, 0) is 31.0 Å². The lowest BCUT2D eigenvalue weighted by molar-refractivity contribution is 0.0518. The van der Waals surface area contributed by atoms with Crippen LogP contribution in [0.4, 0.5) is 0 Å². The van der Waals surface area contributed by atoms with Crippen LogP contribution in [0.25, 0.3) is 0 Å². The second-order valence-corrected chi connectivity index (χ2v) is 4.92. The van der Waals surface area contributed by atoms with Crippen molar-refractivity contribution in [1.82, 2.24) is 5.32 Å². The number of halogens is 1. The Morgan fingerprint density at radius 1 is 1.41 bits per heavy atom. The fourth-order valence-corrected chi connectivity index (χ4v) is 1.62. The third kappa shape index (κ3) is 4.48. The van der Waals surface area contributed by atoms with E-state index in [0.29, 0.717) is 12.0 Å². The average Bonchev–Trinajstić information content (AvgIpc) is 2.36. The van der Waals surface area contributed by atoms with Crippen molar-refractivity contribution in [3.8, 4) is 0 Å². The van der Waals surface area contributed by atoms with Crippen molar-refractivity contribution in [1.29, 1.82) is 0 Å². The zero-order valence-electron chi connectivity index (χ0n) is 10.2. The molecule has 1 atom stereocenters. The van der Waals surface area contributed by atoms with Crippen LogP contribution >= 0.6 is 15.9 Å². The Balaban J connectivity index is 2.58. The normalized spacial score (nSPS) is 14.1. The molecule has 17 heavy (non-hydrogen) atoms. The summed E-state index contributed by atoms with van der Waals surface area (Å²) in [7, 11) is 0. The van der Waals surface area contributed by atoms with Crippen molar-refractivity contribution in [2.75, 3.05) is 6.54 Å². The molecule has 0 aromatic heterocycles. The molecule has 94 valence electrons. The number of carbonyl (C=O) groups is 1. The molecule has 3 nitrogen and oxygen atoms in total. The quantitative estimate of drug-likeness (QED) is 0.821. The molecule has 0 aliphatic rings. The molecule has 0 aliphatic heterocycles. The highest BCUT2D eigenvalue weighted by atomic mass is 79.9. The molecular weight excluding hydrogens is 282 g/mol. The predicted molar refractivity (Wildman–Crippen MR) is 72.3 cm³/mol. The lowest BCUT2D eigenvalue weighted by Crippen LogP contribution is -2.40. The van der Waals surface area contributed by atoms with Crippen molar-refractivity contribution >= 4 is 21.8 Å². The first-order valence-corrected chi connectivity index (χ1v) is 6.76. The fourth-order valence-electron chi connectivity index (χ4n) is 1.24. The number of benzene rings is 1. The van der Waals surface area contributed by atoms with Crippen LogP contribution in [0.3, 0.4) is 0 Å². The molecule has 1 unspecified atom stereocenters. The zero-order valence-corrected chi connectivity index (χ0v) is 11.8. The molecule has 1 aromatic carbocycles. The summed E-state index contributed by atoms with van der Waals surface area (Å²) in [5.41, 5.74) is 0.898. The summed E-state index contributed by atoms with van der Waals surface area (Å²) in [6, 6.07) is 7.38. The number of rotatable bonds is 5. The minimum Gasteiger partial charge on any atom is -0.388 e. The molecule has 0 aliphatic carbocycles. The Morgan fingerprint density at radius 2 is 2.00 bits per heavy atom. The van der Waals surface area contributed by atoms with Crippen LogP contribution in [-0.4, -0.2) is 23.2 Å². The highest BCUT2D eigenvalue weighted by Gasteiger charge is 2.18. The average molecular weight is 300 g/mol. The first kappa shape index (κ1) is 14.2. The van der Waals surface area contributed by atoms with Gasteiger partial charge in [-0.15, -0.1) is 0 Å². The maximum absolute atomic E-state index is 11.8. The number of hydrogen-bond donors (Lipinski definition) is 2. The third-order valence-corrected chi connectivity index (χ3v) is 3.41. The van der Waals surface area contributed by atoms with Gasteiger partial charge in [0, 0.05) is 17.4 Å². The fraction of sp³-hybridized carbons (Fsp3) is 0.462. The van der Waals surface area contributed by atoms with Crippen LogP contribution in [0.2, 0.25) is 0 Å². The van der Waals surface area contributed by atoms with E-state index in [0.717, 1.165) is 10.9 Å². The van der Waals surface area contributed by atoms with Crippen molar-refractivity contribution in [2.24, 2.45) is 0 Å². The van der Waals surface area contributed by atoms with Gasteiger partial charge in [0.25, 0.3) is 5.91 Å². The smallest absolute Gasteiger partial charge is 0.251 e. The lowest BCUT2D eigenvalue weighted by atomic mass is 10.0. The topological polar surface area (TPSA) is 49.3 Å². The monoisotopic (exact) mass is 299 g/mol. The standard InChI is InChI=1S/C13H18BrNO2/c1-3-13(2,17)9-15-12(16)11-6-4-10(8-14)5-7-11/h4-7,17H,3,8-9H2,1-2H3,(H,15,16). The number of nitrogens with one attached hydrogen (secondary N) is 1. The SMILES string of the molecule is CCC(C)(O)CNC(=O)c1ccc(CBr)cc1. The summed E-state index contributed by atoms with van der Waals surface area (Å²) in [4.78, 5) is 11.8. The molecule has 1 rings (SSSR count). The summed E-state index contributed by atoms with van der Waals surface area (Å²) < 4.78 is 0. The molecule has 0 saturated carbocycles. The molecular formula is C13H18BrNO2. The van der Waals surface area contributed by atoms with Gasteiger partial charge in [0.1, 0.15) is 0 Å². The highest BCUT2D eigenvalue weighted by Crippen LogP contribution is 2.09. The second-order valence-electron chi connectivity index (χ2n) is 4.36. The van der Waals surface area contributed by atoms with Crippen molar-refractivity contribution < 1.29 is 9.90 Å². The molecule has 2 N–H and O–H groups in total. The van der Waals surface area contributed by atoms with Crippen LogP contribution in [-0.2, 0) is 5.33 Å². The number of amides is 1. The Bertz CT molecular complexity index is 374. The Hall–Kier alpha value is -0.870. The Morgan fingerprint density at radius 3 is 2.47 bits per heavy atom. The zero-order chi connectivity index (χ0) is 12.9. The summed E-state index contributed by atoms with van der Waals surface area (Å²) in [6.07, 6.45) is 0.607. The van der Waals surface area contributed by atoms with Crippen LogP contribution in [0.1, 0.15) is 36.2 Å². The van der Waals surface area contributed by atoms with Gasteiger partial charge in [-0.3, -0.25) is 4.79 Å². The molecule has 0 bridgehead atoms. The summed E-state index contributed by atoms with van der Waals surface area (Å²) in [5.74, 6) is -0.153. The minimum absolute atomic E-state index is 0.153. The van der Waals surface area contributed by atoms with E-state index < -0.39 is 5.60 Å². The lowest BCUT2D eigenvalue weighted by Gasteiger charge is -2.21. The number of carbonyl (C=O) groups excluding carboxylic acids is 1. The van der Waals surface area contributed by atoms with Crippen molar-refractivity contribution in [3.63, 3.8) is 0 Å². The molecule has 0 heterocycles. The Labute approximate surface area is 110 Å². The van der Waals surface area contributed by atoms with Crippen LogP contribution in [0.15, 0.2) is 24.3 Å². The Kier molecular flexibility index (Phi) is 5.15. The summed E-state index contributed by atoms with van der Waals surface area (Å²) in [6.45, 7) is 3.86. The van der Waals surface area contributed by atoms with Gasteiger partial charge >= 0.3 is 0 Å². The van der Waals surface area contributed by atoms with Gasteiger partial charge in [0.15, 0.2) is 0 Å². The van der Waals surface area contributed by atoms with E-state index in [1.165, 1.54) is 0 Å². The molecule has 1 amide bonds. The van der Waals surface area contributed by atoms with E-state index >= 15 is 0 Å². The molecule has 0 spiro atoms. The second kappa shape index (κ2) is 6.17. The third-order valence-electron chi connectivity index (χ3n) is 2.76. The van der Waals surface area contributed by atoms with E-state index in [2.05, 4.69) is 21.2 Å². The van der Waals surface area contributed by atoms with Gasteiger partial charge < -0.3 is 10.4 Å².